The molecule has 0 aromatic heterocycles. The van der Waals surface area contributed by atoms with E-state index in [1.165, 1.54) is 0 Å². The van der Waals surface area contributed by atoms with Gasteiger partial charge < -0.3 is 19.7 Å². The Hall–Kier alpha value is -2.46. The fourth-order valence-electron chi connectivity index (χ4n) is 2.94. The van der Waals surface area contributed by atoms with Crippen LogP contribution in [0.15, 0.2) is 36.4 Å². The molecule has 1 aliphatic heterocycles. The highest BCUT2D eigenvalue weighted by Gasteiger charge is 2.22. The lowest BCUT2D eigenvalue weighted by Crippen LogP contribution is -1.93. The van der Waals surface area contributed by atoms with Crippen molar-refractivity contribution in [3.05, 3.63) is 47.5 Å². The monoisotopic (exact) mass is 282 g/mol. The number of fused-ring (bicyclic) bond motifs is 4. The van der Waals surface area contributed by atoms with E-state index >= 15 is 0 Å². The number of hydrogen-bond acceptors (Lipinski definition) is 4. The second-order valence-electron chi connectivity index (χ2n) is 5.18. The molecule has 4 rings (SSSR count). The summed E-state index contributed by atoms with van der Waals surface area (Å²) in [6, 6.07) is 9.21. The Morgan fingerprint density at radius 3 is 2.48 bits per heavy atom. The first-order valence-corrected chi connectivity index (χ1v) is 6.82. The van der Waals surface area contributed by atoms with Crippen LogP contribution in [0.25, 0.3) is 16.7 Å². The SMILES string of the molecule is OCC1=CCc2cc(O)ccc2-c2cc3c(cc21)OCO3. The third kappa shape index (κ3) is 1.87. The van der Waals surface area contributed by atoms with Crippen LogP contribution in [0.3, 0.4) is 0 Å². The molecule has 2 aromatic carbocycles. The van der Waals surface area contributed by atoms with Crippen molar-refractivity contribution in [2.24, 2.45) is 0 Å². The summed E-state index contributed by atoms with van der Waals surface area (Å²) in [6.45, 7) is 0.186. The molecule has 2 aliphatic rings. The minimum Gasteiger partial charge on any atom is -0.508 e. The zero-order chi connectivity index (χ0) is 14.4. The predicted octanol–water partition coefficient (Wildman–Crippen LogP) is 2.72. The molecule has 0 radical (unpaired) electrons. The molecule has 106 valence electrons. The zero-order valence-corrected chi connectivity index (χ0v) is 11.3. The van der Waals surface area contributed by atoms with Crippen LogP contribution in [-0.2, 0) is 6.42 Å². The van der Waals surface area contributed by atoms with Crippen molar-refractivity contribution < 1.29 is 19.7 Å². The maximum atomic E-state index is 9.69. The second kappa shape index (κ2) is 4.53. The van der Waals surface area contributed by atoms with Gasteiger partial charge in [0.25, 0.3) is 0 Å². The minimum atomic E-state index is -0.0351. The largest absolute Gasteiger partial charge is 0.508 e. The lowest BCUT2D eigenvalue weighted by molar-refractivity contribution is 0.174. The van der Waals surface area contributed by atoms with E-state index in [0.717, 1.165) is 27.8 Å². The standard InChI is InChI=1S/C17H14O4/c18-8-11-2-1-10-5-12(19)3-4-13(10)15-7-17-16(6-14(11)15)20-9-21-17/h2-7,18-19H,1,8-9H2. The molecule has 21 heavy (non-hydrogen) atoms. The molecule has 2 aromatic rings. The fourth-order valence-corrected chi connectivity index (χ4v) is 2.94. The number of benzene rings is 2. The normalized spacial score (nSPS) is 15.0. The van der Waals surface area contributed by atoms with Crippen LogP contribution in [0.1, 0.15) is 11.1 Å². The number of aliphatic hydroxyl groups excluding tert-OH is 1. The molecule has 0 atom stereocenters. The van der Waals surface area contributed by atoms with Crippen molar-refractivity contribution in [1.29, 1.82) is 0 Å². The molecule has 0 saturated carbocycles. The molecule has 1 aliphatic carbocycles. The number of aliphatic hydroxyl groups is 1. The maximum absolute atomic E-state index is 9.69. The third-order valence-electron chi connectivity index (χ3n) is 3.98. The van der Waals surface area contributed by atoms with Gasteiger partial charge in [0.1, 0.15) is 5.75 Å². The highest BCUT2D eigenvalue weighted by Crippen LogP contribution is 2.44. The number of hydrogen-bond donors (Lipinski definition) is 2. The quantitative estimate of drug-likeness (QED) is 0.844. The molecular formula is C17H14O4. The average molecular weight is 282 g/mol. The summed E-state index contributed by atoms with van der Waals surface area (Å²) in [4.78, 5) is 0. The van der Waals surface area contributed by atoms with Crippen LogP contribution >= 0.6 is 0 Å². The molecule has 4 nitrogen and oxygen atoms in total. The first-order valence-electron chi connectivity index (χ1n) is 6.82. The van der Waals surface area contributed by atoms with Crippen LogP contribution in [0, 0.1) is 0 Å². The maximum Gasteiger partial charge on any atom is 0.231 e. The van der Waals surface area contributed by atoms with Gasteiger partial charge >= 0.3 is 0 Å². The van der Waals surface area contributed by atoms with Crippen LogP contribution in [0.2, 0.25) is 0 Å². The van der Waals surface area contributed by atoms with Crippen molar-refractivity contribution in [3.8, 4) is 28.4 Å². The molecule has 4 heteroatoms. The number of allylic oxidation sites excluding steroid dienone is 1. The van der Waals surface area contributed by atoms with Gasteiger partial charge in [0.2, 0.25) is 6.79 Å². The van der Waals surface area contributed by atoms with Gasteiger partial charge in [-0.2, -0.15) is 0 Å². The smallest absolute Gasteiger partial charge is 0.231 e. The molecule has 0 bridgehead atoms. The van der Waals surface area contributed by atoms with Gasteiger partial charge in [0.05, 0.1) is 6.61 Å². The molecule has 0 fully saturated rings. The summed E-state index contributed by atoms with van der Waals surface area (Å²) < 4.78 is 10.9. The Balaban J connectivity index is 2.01. The van der Waals surface area contributed by atoms with Crippen molar-refractivity contribution in [3.63, 3.8) is 0 Å². The Labute approximate surface area is 121 Å². The van der Waals surface area contributed by atoms with Gasteiger partial charge in [-0.1, -0.05) is 12.1 Å². The number of phenolic OH excluding ortho intramolecular Hbond substituents is 1. The highest BCUT2D eigenvalue weighted by atomic mass is 16.7. The van der Waals surface area contributed by atoms with Crippen molar-refractivity contribution in [2.75, 3.05) is 13.4 Å². The van der Waals surface area contributed by atoms with E-state index in [9.17, 15) is 10.2 Å². The Kier molecular flexibility index (Phi) is 2.65. The lowest BCUT2D eigenvalue weighted by atomic mass is 9.94. The van der Waals surface area contributed by atoms with Crippen LogP contribution in [0.5, 0.6) is 17.2 Å². The number of rotatable bonds is 1. The van der Waals surface area contributed by atoms with Crippen molar-refractivity contribution in [1.82, 2.24) is 0 Å². The summed E-state index contributed by atoms with van der Waals surface area (Å²) in [5, 5.41) is 19.3. The first kappa shape index (κ1) is 12.3. The lowest BCUT2D eigenvalue weighted by Gasteiger charge is -2.13. The summed E-state index contributed by atoms with van der Waals surface area (Å²) >= 11 is 0. The van der Waals surface area contributed by atoms with Gasteiger partial charge in [-0.25, -0.2) is 0 Å². The zero-order valence-electron chi connectivity index (χ0n) is 11.3. The van der Waals surface area contributed by atoms with Gasteiger partial charge in [0.15, 0.2) is 11.5 Å². The van der Waals surface area contributed by atoms with Gasteiger partial charge in [0, 0.05) is 0 Å². The van der Waals surface area contributed by atoms with Crippen molar-refractivity contribution in [2.45, 2.75) is 6.42 Å². The highest BCUT2D eigenvalue weighted by molar-refractivity contribution is 5.87. The summed E-state index contributed by atoms with van der Waals surface area (Å²) in [5.41, 5.74) is 4.87. The van der Waals surface area contributed by atoms with Gasteiger partial charge in [-0.05, 0) is 58.5 Å². The van der Waals surface area contributed by atoms with E-state index in [-0.39, 0.29) is 19.1 Å². The summed E-state index contributed by atoms with van der Waals surface area (Å²) in [5.74, 6) is 1.67. The minimum absolute atomic E-state index is 0.0351. The molecular weight excluding hydrogens is 268 g/mol. The first-order chi connectivity index (χ1) is 10.3. The molecule has 0 amide bonds. The molecule has 0 spiro atoms. The van der Waals surface area contributed by atoms with Crippen LogP contribution < -0.4 is 9.47 Å². The van der Waals surface area contributed by atoms with Gasteiger partial charge in [-0.15, -0.1) is 0 Å². The Morgan fingerprint density at radius 1 is 0.952 bits per heavy atom. The molecule has 1 heterocycles. The summed E-state index contributed by atoms with van der Waals surface area (Å²) in [7, 11) is 0. The Morgan fingerprint density at radius 2 is 1.71 bits per heavy atom. The van der Waals surface area contributed by atoms with E-state index in [1.54, 1.807) is 12.1 Å². The molecule has 0 saturated heterocycles. The number of aromatic hydroxyl groups is 1. The van der Waals surface area contributed by atoms with Crippen LogP contribution in [0.4, 0.5) is 0 Å². The molecule has 2 N–H and O–H groups in total. The molecule has 0 unspecified atom stereocenters. The van der Waals surface area contributed by atoms with E-state index < -0.39 is 0 Å². The fraction of sp³-hybridized carbons (Fsp3) is 0.176. The van der Waals surface area contributed by atoms with E-state index in [1.807, 2.05) is 24.3 Å². The Bertz CT molecular complexity index is 762. The topological polar surface area (TPSA) is 58.9 Å². The van der Waals surface area contributed by atoms with E-state index in [2.05, 4.69) is 0 Å². The predicted molar refractivity (Wildman–Crippen MR) is 78.4 cm³/mol. The average Bonchev–Trinajstić information content (AvgIpc) is 2.88. The number of ether oxygens (including phenoxy) is 2. The van der Waals surface area contributed by atoms with Gasteiger partial charge in [-0.3, -0.25) is 0 Å². The summed E-state index contributed by atoms with van der Waals surface area (Å²) in [6.07, 6.45) is 2.66. The van der Waals surface area contributed by atoms with Crippen LogP contribution in [-0.4, -0.2) is 23.6 Å². The number of phenols is 1. The van der Waals surface area contributed by atoms with E-state index in [4.69, 9.17) is 9.47 Å². The third-order valence-corrected chi connectivity index (χ3v) is 3.98. The second-order valence-corrected chi connectivity index (χ2v) is 5.18. The van der Waals surface area contributed by atoms with Crippen molar-refractivity contribution >= 4 is 5.57 Å². The van der Waals surface area contributed by atoms with E-state index in [0.29, 0.717) is 17.9 Å².